The molecule has 1 aromatic carbocycles. The number of hydrogen-bond acceptors (Lipinski definition) is 5. The van der Waals surface area contributed by atoms with Crippen LogP contribution in [-0.2, 0) is 11.2 Å². The Bertz CT molecular complexity index is 1130. The van der Waals surface area contributed by atoms with Crippen molar-refractivity contribution in [1.29, 1.82) is 10.8 Å². The van der Waals surface area contributed by atoms with Crippen molar-refractivity contribution in [2.24, 2.45) is 11.5 Å². The number of carboxylic acid groups (broad SMARTS) is 1. The number of benzene rings is 1. The lowest BCUT2D eigenvalue weighted by Gasteiger charge is -2.25. The van der Waals surface area contributed by atoms with Gasteiger partial charge in [0.15, 0.2) is 17.7 Å². The van der Waals surface area contributed by atoms with Gasteiger partial charge < -0.3 is 36.5 Å². The lowest BCUT2D eigenvalue weighted by atomic mass is 10.1. The number of furan rings is 1. The van der Waals surface area contributed by atoms with Crippen LogP contribution in [0.3, 0.4) is 0 Å². The van der Waals surface area contributed by atoms with Gasteiger partial charge in [0, 0.05) is 25.3 Å². The molecule has 0 atom stereocenters. The predicted molar refractivity (Wildman–Crippen MR) is 126 cm³/mol. The fourth-order valence-electron chi connectivity index (χ4n) is 3.03. The van der Waals surface area contributed by atoms with Crippen molar-refractivity contribution in [2.75, 3.05) is 25.0 Å². The van der Waals surface area contributed by atoms with Crippen molar-refractivity contribution in [3.63, 3.8) is 0 Å². The third-order valence-corrected chi connectivity index (χ3v) is 4.88. The molecule has 2 aromatic rings. The molecule has 3 rings (SSSR count). The van der Waals surface area contributed by atoms with Gasteiger partial charge in [0.1, 0.15) is 5.76 Å². The maximum absolute atomic E-state index is 12.5. The van der Waals surface area contributed by atoms with Gasteiger partial charge in [-0.2, -0.15) is 13.2 Å². The fourth-order valence-corrected chi connectivity index (χ4v) is 3.03. The zero-order chi connectivity index (χ0) is 26.9. The summed E-state index contributed by atoms with van der Waals surface area (Å²) in [4.78, 5) is 23.1. The summed E-state index contributed by atoms with van der Waals surface area (Å²) < 4.78 is 37.5. The summed E-state index contributed by atoms with van der Waals surface area (Å²) in [6.07, 6.45) is -1.69. The van der Waals surface area contributed by atoms with E-state index in [9.17, 15) is 18.0 Å². The molecule has 0 fully saturated rings. The van der Waals surface area contributed by atoms with Crippen molar-refractivity contribution < 1.29 is 32.3 Å². The van der Waals surface area contributed by atoms with Crippen LogP contribution in [0.1, 0.15) is 28.3 Å². The second kappa shape index (κ2) is 12.3. The Morgan fingerprint density at radius 2 is 1.75 bits per heavy atom. The second-order valence-electron chi connectivity index (χ2n) is 7.52. The minimum absolute atomic E-state index is 0.0492. The van der Waals surface area contributed by atoms with Crippen LogP contribution in [0, 0.1) is 10.8 Å². The topological polar surface area (TPSA) is 195 Å². The molecule has 14 heteroatoms. The van der Waals surface area contributed by atoms with Crippen LogP contribution in [0.15, 0.2) is 46.9 Å². The van der Waals surface area contributed by atoms with Gasteiger partial charge in [-0.05, 0) is 48.2 Å². The average Bonchev–Trinajstić information content (AvgIpc) is 3.30. The molecule has 36 heavy (non-hydrogen) atoms. The van der Waals surface area contributed by atoms with Crippen LogP contribution in [0.25, 0.3) is 5.57 Å². The molecule has 0 aliphatic carbocycles. The minimum atomic E-state index is -5.08. The number of amides is 1. The standard InChI is InChI=1S/C20H25N7O2.C2HF3O2/c21-19(22)25-10-7-13-1-3-15(4-2-13)26-18(28)17-6-5-16(29-17)14-8-11-27(12-9-14)20(23)24;3-2(4,5)1(6)7/h1-6,8H,7,9-12H2,(H3,23,24)(H,26,28)(H4,21,22,25);(H,6,7). The van der Waals surface area contributed by atoms with E-state index in [4.69, 9.17) is 36.6 Å². The minimum Gasteiger partial charge on any atom is -0.475 e. The number of guanidine groups is 2. The first-order chi connectivity index (χ1) is 16.9. The van der Waals surface area contributed by atoms with E-state index >= 15 is 0 Å². The summed E-state index contributed by atoms with van der Waals surface area (Å²) >= 11 is 0. The van der Waals surface area contributed by atoms with E-state index in [1.165, 1.54) is 0 Å². The first kappa shape index (κ1) is 27.8. The highest BCUT2D eigenvalue weighted by molar-refractivity contribution is 6.02. The number of anilines is 1. The Morgan fingerprint density at radius 1 is 1.11 bits per heavy atom. The van der Waals surface area contributed by atoms with E-state index in [1.807, 2.05) is 30.3 Å². The van der Waals surface area contributed by atoms with E-state index in [-0.39, 0.29) is 23.6 Å². The molecule has 1 aromatic heterocycles. The largest absolute Gasteiger partial charge is 0.490 e. The number of carboxylic acids is 1. The van der Waals surface area contributed by atoms with Crippen LogP contribution in [-0.4, -0.2) is 59.6 Å². The SMILES string of the molecule is N=C(N)NCCc1ccc(NC(=O)c2ccc(C3=CCN(C(=N)N)CC3)o2)cc1.O=C(O)C(F)(F)F. The number of alkyl halides is 3. The van der Waals surface area contributed by atoms with Crippen LogP contribution in [0.5, 0.6) is 0 Å². The van der Waals surface area contributed by atoms with Gasteiger partial charge in [-0.3, -0.25) is 15.6 Å². The monoisotopic (exact) mass is 509 g/mol. The van der Waals surface area contributed by atoms with Gasteiger partial charge >= 0.3 is 12.1 Å². The Morgan fingerprint density at radius 3 is 2.25 bits per heavy atom. The highest BCUT2D eigenvalue weighted by atomic mass is 19.4. The molecule has 1 aliphatic heterocycles. The molecule has 194 valence electrons. The molecule has 2 heterocycles. The maximum Gasteiger partial charge on any atom is 0.490 e. The fraction of sp³-hybridized carbons (Fsp3) is 0.273. The lowest BCUT2D eigenvalue weighted by Crippen LogP contribution is -2.39. The third kappa shape index (κ3) is 8.70. The molecule has 0 spiro atoms. The quantitative estimate of drug-likeness (QED) is 0.227. The van der Waals surface area contributed by atoms with E-state index < -0.39 is 12.1 Å². The summed E-state index contributed by atoms with van der Waals surface area (Å²) in [5.41, 5.74) is 13.5. The number of nitrogens with zero attached hydrogens (tertiary/aromatic N) is 1. The van der Waals surface area contributed by atoms with Crippen molar-refractivity contribution in [1.82, 2.24) is 10.2 Å². The maximum atomic E-state index is 12.5. The van der Waals surface area contributed by atoms with Crippen molar-refractivity contribution >= 4 is 35.1 Å². The molecule has 0 bridgehead atoms. The second-order valence-corrected chi connectivity index (χ2v) is 7.52. The van der Waals surface area contributed by atoms with Crippen molar-refractivity contribution in [2.45, 2.75) is 19.0 Å². The number of carbonyl (C=O) groups is 2. The van der Waals surface area contributed by atoms with Crippen LogP contribution in [0.2, 0.25) is 0 Å². The van der Waals surface area contributed by atoms with Gasteiger partial charge in [-0.1, -0.05) is 18.2 Å². The summed E-state index contributed by atoms with van der Waals surface area (Å²) in [6.45, 7) is 1.79. The Labute approximate surface area is 203 Å². The molecular formula is C22H26F3N7O4. The van der Waals surface area contributed by atoms with E-state index in [0.717, 1.165) is 17.6 Å². The molecule has 0 radical (unpaired) electrons. The van der Waals surface area contributed by atoms with Crippen molar-refractivity contribution in [3.8, 4) is 0 Å². The molecule has 0 saturated carbocycles. The van der Waals surface area contributed by atoms with E-state index in [1.54, 1.807) is 17.0 Å². The Balaban J connectivity index is 0.000000572. The zero-order valence-corrected chi connectivity index (χ0v) is 19.0. The van der Waals surface area contributed by atoms with E-state index in [2.05, 4.69) is 10.6 Å². The summed E-state index contributed by atoms with van der Waals surface area (Å²) in [5, 5.41) is 27.3. The highest BCUT2D eigenvalue weighted by Gasteiger charge is 2.38. The average molecular weight is 509 g/mol. The number of carbonyl (C=O) groups excluding carboxylic acids is 1. The lowest BCUT2D eigenvalue weighted by molar-refractivity contribution is -0.192. The van der Waals surface area contributed by atoms with Gasteiger partial charge in [0.2, 0.25) is 0 Å². The molecular weight excluding hydrogens is 483 g/mol. The molecule has 11 nitrogen and oxygen atoms in total. The van der Waals surface area contributed by atoms with Gasteiger partial charge in [-0.15, -0.1) is 0 Å². The first-order valence-corrected chi connectivity index (χ1v) is 10.5. The number of rotatable bonds is 6. The number of aliphatic carboxylic acids is 1. The van der Waals surface area contributed by atoms with Gasteiger partial charge in [-0.25, -0.2) is 4.79 Å². The molecule has 1 amide bonds. The van der Waals surface area contributed by atoms with Crippen LogP contribution >= 0.6 is 0 Å². The van der Waals surface area contributed by atoms with Gasteiger partial charge in [0.05, 0.1) is 0 Å². The predicted octanol–water partition coefficient (Wildman–Crippen LogP) is 2.17. The highest BCUT2D eigenvalue weighted by Crippen LogP contribution is 2.24. The third-order valence-electron chi connectivity index (χ3n) is 4.88. The summed E-state index contributed by atoms with van der Waals surface area (Å²) in [6, 6.07) is 10.9. The number of nitrogens with two attached hydrogens (primary N) is 2. The van der Waals surface area contributed by atoms with Crippen molar-refractivity contribution in [3.05, 3.63) is 59.6 Å². The van der Waals surface area contributed by atoms with Crippen LogP contribution < -0.4 is 22.1 Å². The Hall–Kier alpha value is -4.49. The number of halogens is 3. The molecule has 1 aliphatic rings. The van der Waals surface area contributed by atoms with E-state index in [0.29, 0.717) is 37.5 Å². The number of hydrogen-bond donors (Lipinski definition) is 7. The normalized spacial score (nSPS) is 13.1. The smallest absolute Gasteiger partial charge is 0.475 e. The summed E-state index contributed by atoms with van der Waals surface area (Å²) in [5.74, 6) is -2.17. The first-order valence-electron chi connectivity index (χ1n) is 10.5. The molecule has 0 saturated heterocycles. The van der Waals surface area contributed by atoms with Gasteiger partial charge in [0.25, 0.3) is 5.91 Å². The molecule has 9 N–H and O–H groups in total. The Kier molecular flexibility index (Phi) is 9.47. The summed E-state index contributed by atoms with van der Waals surface area (Å²) in [7, 11) is 0. The van der Waals surface area contributed by atoms with Crippen LogP contribution in [0.4, 0.5) is 18.9 Å². The number of nitrogens with one attached hydrogen (secondary N) is 4. The molecule has 0 unspecified atom stereocenters. The zero-order valence-electron chi connectivity index (χ0n) is 19.0.